The van der Waals surface area contributed by atoms with Crippen LogP contribution in [0.1, 0.15) is 43.6 Å². The third-order valence-electron chi connectivity index (χ3n) is 3.38. The van der Waals surface area contributed by atoms with Crippen molar-refractivity contribution in [2.75, 3.05) is 0 Å². The van der Waals surface area contributed by atoms with Crippen molar-refractivity contribution < 1.29 is 4.79 Å². The summed E-state index contributed by atoms with van der Waals surface area (Å²) >= 11 is 5.86. The van der Waals surface area contributed by atoms with E-state index in [9.17, 15) is 4.79 Å². The van der Waals surface area contributed by atoms with Crippen LogP contribution >= 0.6 is 11.6 Å². The first-order chi connectivity index (χ1) is 8.58. The quantitative estimate of drug-likeness (QED) is 0.896. The molecule has 4 nitrogen and oxygen atoms in total. The van der Waals surface area contributed by atoms with Gasteiger partial charge >= 0.3 is 0 Å². The van der Waals surface area contributed by atoms with E-state index in [0.29, 0.717) is 22.8 Å². The lowest BCUT2D eigenvalue weighted by Gasteiger charge is -2.38. The van der Waals surface area contributed by atoms with Gasteiger partial charge < -0.3 is 0 Å². The van der Waals surface area contributed by atoms with E-state index in [2.05, 4.69) is 24.3 Å². The number of hydrogen-bond donors (Lipinski definition) is 1. The Labute approximate surface area is 112 Å². The lowest BCUT2D eigenvalue weighted by Crippen LogP contribution is -2.54. The van der Waals surface area contributed by atoms with Gasteiger partial charge in [0.1, 0.15) is 5.69 Å². The van der Waals surface area contributed by atoms with Crippen LogP contribution in [0.15, 0.2) is 18.3 Å². The van der Waals surface area contributed by atoms with Gasteiger partial charge in [0.05, 0.1) is 0 Å². The largest absolute Gasteiger partial charge is 0.284 e. The van der Waals surface area contributed by atoms with E-state index in [1.165, 1.54) is 6.42 Å². The number of nitrogens with zero attached hydrogens (tertiary/aromatic N) is 2. The number of pyridine rings is 1. The summed E-state index contributed by atoms with van der Waals surface area (Å²) in [6, 6.07) is 3.95. The molecular weight excluding hydrogens is 250 g/mol. The highest BCUT2D eigenvalue weighted by Crippen LogP contribution is 2.20. The third kappa shape index (κ3) is 3.00. The number of carbonyl (C=O) groups is 1. The second-order valence-electron chi connectivity index (χ2n) is 4.84. The lowest BCUT2D eigenvalue weighted by atomic mass is 10.00. The number of nitrogens with one attached hydrogen (secondary N) is 1. The number of amides is 1. The molecule has 2 unspecified atom stereocenters. The van der Waals surface area contributed by atoms with Gasteiger partial charge in [-0.3, -0.25) is 15.2 Å². The maximum atomic E-state index is 12.1. The molecule has 98 valence electrons. The second-order valence-corrected chi connectivity index (χ2v) is 5.27. The molecule has 5 heteroatoms. The van der Waals surface area contributed by atoms with Gasteiger partial charge in [0, 0.05) is 23.3 Å². The molecule has 0 saturated carbocycles. The molecule has 0 aliphatic carbocycles. The van der Waals surface area contributed by atoms with Gasteiger partial charge in [-0.25, -0.2) is 5.01 Å². The maximum Gasteiger partial charge on any atom is 0.284 e. The van der Waals surface area contributed by atoms with Gasteiger partial charge in [-0.15, -0.1) is 0 Å². The summed E-state index contributed by atoms with van der Waals surface area (Å²) in [5.74, 6) is -0.196. The molecule has 1 fully saturated rings. The van der Waals surface area contributed by atoms with Crippen LogP contribution in [-0.2, 0) is 0 Å². The average molecular weight is 268 g/mol. The molecule has 1 amide bonds. The highest BCUT2D eigenvalue weighted by atomic mass is 35.5. The van der Waals surface area contributed by atoms with E-state index in [4.69, 9.17) is 11.6 Å². The SMILES string of the molecule is CC1CCCC(C)N1NC(=O)c1cc(Cl)ccn1. The minimum absolute atomic E-state index is 0.196. The predicted octanol–water partition coefficient (Wildman–Crippen LogP) is 2.64. The molecule has 18 heavy (non-hydrogen) atoms. The van der Waals surface area contributed by atoms with Gasteiger partial charge in [0.25, 0.3) is 5.91 Å². The van der Waals surface area contributed by atoms with Crippen molar-refractivity contribution in [1.29, 1.82) is 0 Å². The van der Waals surface area contributed by atoms with Crippen LogP contribution in [-0.4, -0.2) is 28.0 Å². The molecule has 0 radical (unpaired) electrons. The molecule has 2 heterocycles. The Morgan fingerprint density at radius 2 is 2.11 bits per heavy atom. The molecule has 1 aliphatic heterocycles. The van der Waals surface area contributed by atoms with Crippen molar-refractivity contribution in [2.45, 2.75) is 45.2 Å². The second kappa shape index (κ2) is 5.67. The van der Waals surface area contributed by atoms with Crippen LogP contribution in [0, 0.1) is 0 Å². The van der Waals surface area contributed by atoms with Crippen LogP contribution in [0.2, 0.25) is 5.02 Å². The number of aromatic nitrogens is 1. The Morgan fingerprint density at radius 1 is 1.44 bits per heavy atom. The molecular formula is C13H18ClN3O. The van der Waals surface area contributed by atoms with Gasteiger partial charge in [0.2, 0.25) is 0 Å². The number of piperidine rings is 1. The minimum atomic E-state index is -0.196. The van der Waals surface area contributed by atoms with E-state index in [0.717, 1.165) is 12.8 Å². The van der Waals surface area contributed by atoms with E-state index in [1.54, 1.807) is 18.3 Å². The molecule has 1 aliphatic rings. The molecule has 0 spiro atoms. The third-order valence-corrected chi connectivity index (χ3v) is 3.61. The Kier molecular flexibility index (Phi) is 4.19. The summed E-state index contributed by atoms with van der Waals surface area (Å²) in [6.07, 6.45) is 4.96. The van der Waals surface area contributed by atoms with Crippen LogP contribution in [0.4, 0.5) is 0 Å². The average Bonchev–Trinajstić information content (AvgIpc) is 2.34. The summed E-state index contributed by atoms with van der Waals surface area (Å²) in [7, 11) is 0. The van der Waals surface area contributed by atoms with Crippen molar-refractivity contribution in [3.05, 3.63) is 29.0 Å². The zero-order chi connectivity index (χ0) is 13.1. The zero-order valence-electron chi connectivity index (χ0n) is 10.7. The number of hydrazine groups is 1. The Balaban J connectivity index is 2.06. The summed E-state index contributed by atoms with van der Waals surface area (Å²) in [6.45, 7) is 4.25. The fraction of sp³-hybridized carbons (Fsp3) is 0.538. The lowest BCUT2D eigenvalue weighted by molar-refractivity contribution is 0.0366. The number of halogens is 1. The van der Waals surface area contributed by atoms with Crippen molar-refractivity contribution in [3.8, 4) is 0 Å². The summed E-state index contributed by atoms with van der Waals surface area (Å²) in [4.78, 5) is 16.1. The molecule has 0 aromatic carbocycles. The van der Waals surface area contributed by atoms with Crippen LogP contribution < -0.4 is 5.43 Å². The van der Waals surface area contributed by atoms with Crippen LogP contribution in [0.3, 0.4) is 0 Å². The fourth-order valence-electron chi connectivity index (χ4n) is 2.35. The monoisotopic (exact) mass is 267 g/mol. The number of rotatable bonds is 2. The minimum Gasteiger partial charge on any atom is -0.283 e. The zero-order valence-corrected chi connectivity index (χ0v) is 11.4. The first kappa shape index (κ1) is 13.3. The Bertz CT molecular complexity index is 428. The van der Waals surface area contributed by atoms with Crippen LogP contribution in [0.5, 0.6) is 0 Å². The highest BCUT2D eigenvalue weighted by Gasteiger charge is 2.26. The van der Waals surface area contributed by atoms with E-state index >= 15 is 0 Å². The van der Waals surface area contributed by atoms with Gasteiger partial charge in [-0.1, -0.05) is 18.0 Å². The summed E-state index contributed by atoms with van der Waals surface area (Å²) in [5, 5.41) is 2.55. The van der Waals surface area contributed by atoms with E-state index < -0.39 is 0 Å². The molecule has 1 aromatic heterocycles. The standard InChI is InChI=1S/C13H18ClN3O/c1-9-4-3-5-10(2)17(9)16-13(18)12-8-11(14)6-7-15-12/h6-10H,3-5H2,1-2H3,(H,16,18). The van der Waals surface area contributed by atoms with Crippen molar-refractivity contribution >= 4 is 17.5 Å². The molecule has 1 saturated heterocycles. The van der Waals surface area contributed by atoms with Gasteiger partial charge in [-0.05, 0) is 38.8 Å². The molecule has 0 bridgehead atoms. The predicted molar refractivity (Wildman–Crippen MR) is 71.3 cm³/mol. The normalized spacial score (nSPS) is 24.8. The number of carbonyl (C=O) groups excluding carboxylic acids is 1. The molecule has 1 N–H and O–H groups in total. The van der Waals surface area contributed by atoms with Crippen molar-refractivity contribution in [3.63, 3.8) is 0 Å². The first-order valence-corrected chi connectivity index (χ1v) is 6.66. The summed E-state index contributed by atoms with van der Waals surface area (Å²) in [5.41, 5.74) is 3.29. The Morgan fingerprint density at radius 3 is 2.72 bits per heavy atom. The van der Waals surface area contributed by atoms with Crippen LogP contribution in [0.25, 0.3) is 0 Å². The number of hydrogen-bond acceptors (Lipinski definition) is 3. The fourth-order valence-corrected chi connectivity index (χ4v) is 2.50. The highest BCUT2D eigenvalue weighted by molar-refractivity contribution is 6.30. The van der Waals surface area contributed by atoms with Crippen molar-refractivity contribution in [2.24, 2.45) is 0 Å². The van der Waals surface area contributed by atoms with E-state index in [-0.39, 0.29) is 5.91 Å². The molecule has 1 aromatic rings. The Hall–Kier alpha value is -1.13. The van der Waals surface area contributed by atoms with E-state index in [1.807, 2.05) is 5.01 Å². The van der Waals surface area contributed by atoms with Gasteiger partial charge in [-0.2, -0.15) is 0 Å². The maximum absolute atomic E-state index is 12.1. The molecule has 2 rings (SSSR count). The summed E-state index contributed by atoms with van der Waals surface area (Å²) < 4.78 is 0. The molecule has 2 atom stereocenters. The smallest absolute Gasteiger partial charge is 0.283 e. The van der Waals surface area contributed by atoms with Crippen molar-refractivity contribution in [1.82, 2.24) is 15.4 Å². The van der Waals surface area contributed by atoms with Gasteiger partial charge in [0.15, 0.2) is 0 Å². The topological polar surface area (TPSA) is 45.2 Å². The first-order valence-electron chi connectivity index (χ1n) is 6.29.